The summed E-state index contributed by atoms with van der Waals surface area (Å²) >= 11 is 0. The third kappa shape index (κ3) is 3.20. The molecule has 30 heavy (non-hydrogen) atoms. The molecule has 4 nitrogen and oxygen atoms in total. The molecule has 9 atom stereocenters. The van der Waals surface area contributed by atoms with Gasteiger partial charge >= 0.3 is 5.97 Å². The first-order valence-electron chi connectivity index (χ1n) is 12.2. The summed E-state index contributed by atoms with van der Waals surface area (Å²) in [6, 6.07) is 0. The number of allylic oxidation sites excluding steroid dienone is 2. The fourth-order valence-electron chi connectivity index (χ4n) is 8.72. The standard InChI is InChI=1S/C26H40O4/c1-5-17-21-14-16(27)10-12-26(21,4)20-11-13-25(3)18(15(2)6-9-22(28)29)7-8-19(25)23(20)24(17)30/h5,15-16,18-21,23,27H,6-14H2,1-4H3,(H,28,29)/t15?,16?,18?,19-,20+,21+,23-,25-,26-/m1/s1. The van der Waals surface area contributed by atoms with Crippen molar-refractivity contribution in [2.24, 2.45) is 46.3 Å². The van der Waals surface area contributed by atoms with E-state index < -0.39 is 5.97 Å². The third-order valence-electron chi connectivity index (χ3n) is 10.3. The fraction of sp³-hybridized carbons (Fsp3) is 0.846. The van der Waals surface area contributed by atoms with Gasteiger partial charge in [0.15, 0.2) is 5.78 Å². The first-order valence-corrected chi connectivity index (χ1v) is 12.2. The summed E-state index contributed by atoms with van der Waals surface area (Å²) in [6.45, 7) is 9.04. The van der Waals surface area contributed by atoms with Gasteiger partial charge in [-0.3, -0.25) is 9.59 Å². The maximum absolute atomic E-state index is 13.8. The van der Waals surface area contributed by atoms with Crippen LogP contribution >= 0.6 is 0 Å². The molecule has 0 saturated heterocycles. The van der Waals surface area contributed by atoms with Crippen molar-refractivity contribution in [3.05, 3.63) is 11.6 Å². The number of fused-ring (bicyclic) bond motifs is 5. The molecule has 0 aromatic heterocycles. The minimum absolute atomic E-state index is 0.114. The molecule has 3 unspecified atom stereocenters. The first-order chi connectivity index (χ1) is 14.1. The SMILES string of the molecule is CC=C1C(=O)[C@@H]2[C@H]3CCC(C(C)CCC(=O)O)[C@@]3(C)CC[C@@H]2[C@@]2(C)CCC(O)C[C@@H]12. The maximum atomic E-state index is 13.8. The number of carbonyl (C=O) groups excluding carboxylic acids is 1. The largest absolute Gasteiger partial charge is 0.481 e. The van der Waals surface area contributed by atoms with E-state index in [-0.39, 0.29) is 35.2 Å². The Morgan fingerprint density at radius 1 is 1.13 bits per heavy atom. The molecular weight excluding hydrogens is 376 g/mol. The van der Waals surface area contributed by atoms with Gasteiger partial charge in [-0.1, -0.05) is 26.8 Å². The van der Waals surface area contributed by atoms with Crippen molar-refractivity contribution in [2.75, 3.05) is 0 Å². The average molecular weight is 417 g/mol. The molecule has 0 heterocycles. The van der Waals surface area contributed by atoms with Gasteiger partial charge in [0.25, 0.3) is 0 Å². The number of carboxylic acid groups (broad SMARTS) is 1. The van der Waals surface area contributed by atoms with Crippen LogP contribution < -0.4 is 0 Å². The smallest absolute Gasteiger partial charge is 0.303 e. The van der Waals surface area contributed by atoms with Crippen LogP contribution in [0.15, 0.2) is 11.6 Å². The van der Waals surface area contributed by atoms with E-state index in [2.05, 4.69) is 20.8 Å². The summed E-state index contributed by atoms with van der Waals surface area (Å²) in [6.07, 6.45) is 9.86. The van der Waals surface area contributed by atoms with Gasteiger partial charge in [-0.25, -0.2) is 0 Å². The molecule has 0 amide bonds. The molecule has 0 spiro atoms. The molecule has 0 bridgehead atoms. The van der Waals surface area contributed by atoms with Crippen molar-refractivity contribution in [1.82, 2.24) is 0 Å². The minimum atomic E-state index is -0.705. The zero-order valence-corrected chi connectivity index (χ0v) is 19.2. The second-order valence-corrected chi connectivity index (χ2v) is 11.5. The number of hydrogen-bond acceptors (Lipinski definition) is 3. The summed E-state index contributed by atoms with van der Waals surface area (Å²) < 4.78 is 0. The average Bonchev–Trinajstić information content (AvgIpc) is 3.05. The number of ketones is 1. The van der Waals surface area contributed by atoms with Crippen molar-refractivity contribution in [3.63, 3.8) is 0 Å². The van der Waals surface area contributed by atoms with Crippen molar-refractivity contribution in [1.29, 1.82) is 0 Å². The lowest BCUT2D eigenvalue weighted by Crippen LogP contribution is -2.58. The molecule has 4 saturated carbocycles. The van der Waals surface area contributed by atoms with E-state index in [1.165, 1.54) is 0 Å². The molecule has 0 aromatic carbocycles. The Morgan fingerprint density at radius 2 is 1.80 bits per heavy atom. The Morgan fingerprint density at radius 3 is 2.47 bits per heavy atom. The molecule has 0 radical (unpaired) electrons. The Kier molecular flexibility index (Phi) is 5.70. The van der Waals surface area contributed by atoms with Gasteiger partial charge in [-0.15, -0.1) is 0 Å². The second kappa shape index (κ2) is 7.76. The fourth-order valence-corrected chi connectivity index (χ4v) is 8.72. The van der Waals surface area contributed by atoms with Gasteiger partial charge < -0.3 is 10.2 Å². The summed E-state index contributed by atoms with van der Waals surface area (Å²) in [5.74, 6) is 1.74. The molecule has 168 valence electrons. The summed E-state index contributed by atoms with van der Waals surface area (Å²) in [4.78, 5) is 24.9. The quantitative estimate of drug-likeness (QED) is 0.614. The number of Topliss-reactive ketones (excluding diaryl/α,β-unsaturated/α-hetero) is 1. The van der Waals surface area contributed by atoms with Gasteiger partial charge in [0.05, 0.1) is 6.10 Å². The molecule has 0 aromatic rings. The maximum Gasteiger partial charge on any atom is 0.303 e. The number of hydrogen-bond donors (Lipinski definition) is 2. The number of rotatable bonds is 4. The summed E-state index contributed by atoms with van der Waals surface area (Å²) in [7, 11) is 0. The number of aliphatic hydroxyl groups excluding tert-OH is 1. The van der Waals surface area contributed by atoms with E-state index in [9.17, 15) is 14.7 Å². The molecule has 4 fully saturated rings. The Bertz CT molecular complexity index is 741. The lowest BCUT2D eigenvalue weighted by Gasteiger charge is -2.61. The van der Waals surface area contributed by atoms with E-state index >= 15 is 0 Å². The molecule has 4 aliphatic carbocycles. The predicted octanol–water partition coefficient (Wildman–Crippen LogP) is 5.24. The highest BCUT2D eigenvalue weighted by Gasteiger charge is 2.64. The topological polar surface area (TPSA) is 74.6 Å². The van der Waals surface area contributed by atoms with Crippen LogP contribution in [-0.4, -0.2) is 28.1 Å². The molecule has 4 heteroatoms. The molecule has 0 aliphatic heterocycles. The summed E-state index contributed by atoms with van der Waals surface area (Å²) in [5.41, 5.74) is 1.25. The van der Waals surface area contributed by atoms with Crippen molar-refractivity contribution >= 4 is 11.8 Å². The predicted molar refractivity (Wildman–Crippen MR) is 117 cm³/mol. The minimum Gasteiger partial charge on any atom is -0.481 e. The van der Waals surface area contributed by atoms with E-state index in [0.717, 1.165) is 56.9 Å². The highest BCUT2D eigenvalue weighted by molar-refractivity contribution is 5.99. The van der Waals surface area contributed by atoms with Crippen LogP contribution in [0.2, 0.25) is 0 Å². The third-order valence-corrected chi connectivity index (χ3v) is 10.3. The van der Waals surface area contributed by atoms with E-state index in [0.29, 0.717) is 29.5 Å². The van der Waals surface area contributed by atoms with Crippen LogP contribution in [0.25, 0.3) is 0 Å². The van der Waals surface area contributed by atoms with Gasteiger partial charge in [0.2, 0.25) is 0 Å². The van der Waals surface area contributed by atoms with Gasteiger partial charge in [-0.05, 0) is 104 Å². The van der Waals surface area contributed by atoms with Gasteiger partial charge in [-0.2, -0.15) is 0 Å². The first kappa shape index (κ1) is 22.0. The Labute approximate surface area is 181 Å². The van der Waals surface area contributed by atoms with Crippen LogP contribution in [0.5, 0.6) is 0 Å². The molecule has 2 N–H and O–H groups in total. The number of aliphatic carboxylic acids is 1. The van der Waals surface area contributed by atoms with Crippen molar-refractivity contribution < 1.29 is 19.8 Å². The molecule has 4 rings (SSSR count). The van der Waals surface area contributed by atoms with Crippen LogP contribution in [-0.2, 0) is 9.59 Å². The second-order valence-electron chi connectivity index (χ2n) is 11.5. The monoisotopic (exact) mass is 416 g/mol. The lowest BCUT2D eigenvalue weighted by atomic mass is 9.43. The summed E-state index contributed by atoms with van der Waals surface area (Å²) in [5, 5.41) is 19.5. The Hall–Kier alpha value is -1.16. The van der Waals surface area contributed by atoms with Crippen LogP contribution in [0.4, 0.5) is 0 Å². The van der Waals surface area contributed by atoms with E-state index in [1.54, 1.807) is 0 Å². The molecule has 4 aliphatic rings. The number of carboxylic acids is 1. The highest BCUT2D eigenvalue weighted by atomic mass is 16.4. The van der Waals surface area contributed by atoms with Crippen LogP contribution in [0.1, 0.15) is 85.5 Å². The van der Waals surface area contributed by atoms with Gasteiger partial charge in [0.1, 0.15) is 0 Å². The van der Waals surface area contributed by atoms with Crippen LogP contribution in [0, 0.1) is 46.3 Å². The molecular formula is C26H40O4. The normalized spacial score (nSPS) is 48.0. The highest BCUT2D eigenvalue weighted by Crippen LogP contribution is 2.68. The van der Waals surface area contributed by atoms with E-state index in [4.69, 9.17) is 5.11 Å². The zero-order chi connectivity index (χ0) is 21.8. The van der Waals surface area contributed by atoms with Crippen molar-refractivity contribution in [2.45, 2.75) is 91.6 Å². The number of aliphatic hydroxyl groups is 1. The van der Waals surface area contributed by atoms with Crippen molar-refractivity contribution in [3.8, 4) is 0 Å². The van der Waals surface area contributed by atoms with Gasteiger partial charge in [0, 0.05) is 12.3 Å². The van der Waals surface area contributed by atoms with Crippen LogP contribution in [0.3, 0.4) is 0 Å². The Balaban J connectivity index is 1.64. The lowest BCUT2D eigenvalue weighted by molar-refractivity contribution is -0.150. The van der Waals surface area contributed by atoms with E-state index in [1.807, 2.05) is 13.0 Å². The number of carbonyl (C=O) groups is 2. The zero-order valence-electron chi connectivity index (χ0n) is 19.2.